The minimum absolute atomic E-state index is 0.0582. The summed E-state index contributed by atoms with van der Waals surface area (Å²) in [5.41, 5.74) is 0.0882. The number of amides is 1. The van der Waals surface area contributed by atoms with E-state index in [4.69, 9.17) is 4.74 Å². The van der Waals surface area contributed by atoms with E-state index in [-0.39, 0.29) is 23.3 Å². The van der Waals surface area contributed by atoms with Gasteiger partial charge in [0.25, 0.3) is 0 Å². The van der Waals surface area contributed by atoms with Gasteiger partial charge >= 0.3 is 0 Å². The summed E-state index contributed by atoms with van der Waals surface area (Å²) >= 11 is 0. The molecule has 3 unspecified atom stereocenters. The molecule has 18 heavy (non-hydrogen) atoms. The molecule has 1 fully saturated rings. The van der Waals surface area contributed by atoms with Crippen molar-refractivity contribution in [1.29, 1.82) is 0 Å². The van der Waals surface area contributed by atoms with Crippen molar-refractivity contribution in [2.75, 3.05) is 20.1 Å². The SMILES string of the molecule is CNCCNC(=O)C(CC1OC1O)CC(C)(C)C. The molecule has 5 heteroatoms. The van der Waals surface area contributed by atoms with Crippen LogP contribution in [0.25, 0.3) is 0 Å². The van der Waals surface area contributed by atoms with Crippen LogP contribution in [0, 0.1) is 11.3 Å². The molecule has 0 saturated carbocycles. The molecule has 0 aliphatic carbocycles. The zero-order valence-electron chi connectivity index (χ0n) is 11.8. The Morgan fingerprint density at radius 2 is 2.00 bits per heavy atom. The summed E-state index contributed by atoms with van der Waals surface area (Å²) in [4.78, 5) is 12.1. The number of hydrogen-bond acceptors (Lipinski definition) is 4. The van der Waals surface area contributed by atoms with Gasteiger partial charge in [-0.05, 0) is 25.3 Å². The van der Waals surface area contributed by atoms with Crippen LogP contribution >= 0.6 is 0 Å². The van der Waals surface area contributed by atoms with Gasteiger partial charge in [0.05, 0.1) is 0 Å². The molecular weight excluding hydrogens is 232 g/mol. The highest BCUT2D eigenvalue weighted by atomic mass is 16.7. The topological polar surface area (TPSA) is 73.9 Å². The summed E-state index contributed by atoms with van der Waals surface area (Å²) < 4.78 is 5.00. The molecule has 106 valence electrons. The van der Waals surface area contributed by atoms with Gasteiger partial charge in [-0.1, -0.05) is 20.8 Å². The van der Waals surface area contributed by atoms with E-state index in [0.717, 1.165) is 13.0 Å². The summed E-state index contributed by atoms with van der Waals surface area (Å²) in [5.74, 6) is -0.0353. The van der Waals surface area contributed by atoms with Crippen LogP contribution in [0.15, 0.2) is 0 Å². The lowest BCUT2D eigenvalue weighted by Crippen LogP contribution is -2.37. The normalized spacial score (nSPS) is 24.7. The van der Waals surface area contributed by atoms with Gasteiger partial charge in [-0.25, -0.2) is 0 Å². The molecule has 0 bridgehead atoms. The molecule has 1 heterocycles. The van der Waals surface area contributed by atoms with Crippen molar-refractivity contribution >= 4 is 5.91 Å². The van der Waals surface area contributed by atoms with E-state index < -0.39 is 6.29 Å². The number of carbonyl (C=O) groups is 1. The van der Waals surface area contributed by atoms with Crippen molar-refractivity contribution in [2.24, 2.45) is 11.3 Å². The number of nitrogens with one attached hydrogen (secondary N) is 2. The average molecular weight is 258 g/mol. The summed E-state index contributed by atoms with van der Waals surface area (Å²) in [6.45, 7) is 7.74. The molecule has 0 aromatic heterocycles. The Hall–Kier alpha value is -0.650. The van der Waals surface area contributed by atoms with Crippen molar-refractivity contribution in [3.05, 3.63) is 0 Å². The average Bonchev–Trinajstić information content (AvgIpc) is 2.91. The Labute approximate surface area is 109 Å². The fraction of sp³-hybridized carbons (Fsp3) is 0.923. The Kier molecular flexibility index (Phi) is 5.56. The molecule has 5 nitrogen and oxygen atoms in total. The van der Waals surface area contributed by atoms with Gasteiger partial charge in [-0.2, -0.15) is 0 Å². The van der Waals surface area contributed by atoms with Gasteiger partial charge in [0.15, 0.2) is 6.29 Å². The summed E-state index contributed by atoms with van der Waals surface area (Å²) in [6, 6.07) is 0. The number of ether oxygens (including phenoxy) is 1. The van der Waals surface area contributed by atoms with E-state index in [0.29, 0.717) is 13.0 Å². The summed E-state index contributed by atoms with van der Waals surface area (Å²) in [5, 5.41) is 15.1. The third-order valence-corrected chi connectivity index (χ3v) is 2.98. The molecule has 0 aromatic carbocycles. The zero-order valence-corrected chi connectivity index (χ0v) is 11.8. The molecule has 0 aromatic rings. The maximum absolute atomic E-state index is 12.1. The highest BCUT2D eigenvalue weighted by Gasteiger charge is 2.41. The van der Waals surface area contributed by atoms with Crippen LogP contribution in [-0.4, -0.2) is 43.5 Å². The van der Waals surface area contributed by atoms with E-state index >= 15 is 0 Å². The second kappa shape index (κ2) is 6.50. The monoisotopic (exact) mass is 258 g/mol. The van der Waals surface area contributed by atoms with Crippen LogP contribution in [0.5, 0.6) is 0 Å². The van der Waals surface area contributed by atoms with Crippen molar-refractivity contribution in [1.82, 2.24) is 10.6 Å². The molecule has 0 spiro atoms. The highest BCUT2D eigenvalue weighted by molar-refractivity contribution is 5.78. The number of likely N-dealkylation sites (N-methyl/N-ethyl adjacent to an activating group) is 1. The second-order valence-corrected chi connectivity index (χ2v) is 6.16. The quantitative estimate of drug-likeness (QED) is 0.459. The third kappa shape index (κ3) is 5.80. The smallest absolute Gasteiger partial charge is 0.223 e. The highest BCUT2D eigenvalue weighted by Crippen LogP contribution is 2.33. The number of hydrogen-bond donors (Lipinski definition) is 3. The van der Waals surface area contributed by atoms with Crippen LogP contribution in [0.4, 0.5) is 0 Å². The summed E-state index contributed by atoms with van der Waals surface area (Å²) in [7, 11) is 1.85. The Bertz CT molecular complexity index is 276. The molecule has 1 amide bonds. The van der Waals surface area contributed by atoms with Crippen LogP contribution in [0.1, 0.15) is 33.6 Å². The zero-order chi connectivity index (χ0) is 13.8. The van der Waals surface area contributed by atoms with E-state index in [9.17, 15) is 9.90 Å². The molecule has 1 aliphatic rings. The molecule has 1 rings (SSSR count). The predicted octanol–water partition coefficient (Wildman–Crippen LogP) is 0.482. The number of aliphatic hydroxyl groups excluding tert-OH is 1. The Balaban J connectivity index is 2.44. The first-order valence-electron chi connectivity index (χ1n) is 6.59. The predicted molar refractivity (Wildman–Crippen MR) is 70.0 cm³/mol. The summed E-state index contributed by atoms with van der Waals surface area (Å²) in [6.07, 6.45) is 0.569. The lowest BCUT2D eigenvalue weighted by molar-refractivity contribution is -0.126. The van der Waals surface area contributed by atoms with Crippen molar-refractivity contribution in [3.63, 3.8) is 0 Å². The minimum atomic E-state index is -0.669. The number of aliphatic hydroxyl groups is 1. The third-order valence-electron chi connectivity index (χ3n) is 2.98. The Morgan fingerprint density at radius 3 is 2.44 bits per heavy atom. The second-order valence-electron chi connectivity index (χ2n) is 6.16. The molecule has 0 radical (unpaired) electrons. The van der Waals surface area contributed by atoms with E-state index in [1.807, 2.05) is 7.05 Å². The first-order chi connectivity index (χ1) is 8.33. The molecule has 3 N–H and O–H groups in total. The van der Waals surface area contributed by atoms with Gasteiger partial charge < -0.3 is 20.5 Å². The standard InChI is InChI=1S/C13H26N2O3/c1-13(2,3)8-9(7-10-12(17)18-10)11(16)15-6-5-14-4/h9-10,12,14,17H,5-8H2,1-4H3,(H,15,16). The van der Waals surface area contributed by atoms with Crippen LogP contribution in [-0.2, 0) is 9.53 Å². The van der Waals surface area contributed by atoms with Gasteiger partial charge in [0.1, 0.15) is 6.10 Å². The molecule has 1 aliphatic heterocycles. The maximum atomic E-state index is 12.1. The van der Waals surface area contributed by atoms with Gasteiger partial charge in [0.2, 0.25) is 5.91 Å². The minimum Gasteiger partial charge on any atom is -0.366 e. The first-order valence-corrected chi connectivity index (χ1v) is 6.59. The fourth-order valence-electron chi connectivity index (χ4n) is 2.06. The van der Waals surface area contributed by atoms with Gasteiger partial charge in [-0.15, -0.1) is 0 Å². The van der Waals surface area contributed by atoms with Crippen molar-refractivity contribution in [3.8, 4) is 0 Å². The largest absolute Gasteiger partial charge is 0.366 e. The Morgan fingerprint density at radius 1 is 1.39 bits per heavy atom. The number of epoxide rings is 1. The number of carbonyl (C=O) groups excluding carboxylic acids is 1. The van der Waals surface area contributed by atoms with Crippen LogP contribution in [0.3, 0.4) is 0 Å². The first kappa shape index (κ1) is 15.4. The number of rotatable bonds is 7. The van der Waals surface area contributed by atoms with Gasteiger partial charge in [-0.3, -0.25) is 4.79 Å². The van der Waals surface area contributed by atoms with Crippen LogP contribution in [0.2, 0.25) is 0 Å². The van der Waals surface area contributed by atoms with E-state index in [1.165, 1.54) is 0 Å². The van der Waals surface area contributed by atoms with Crippen molar-refractivity contribution in [2.45, 2.75) is 46.0 Å². The molecular formula is C13H26N2O3. The van der Waals surface area contributed by atoms with Crippen LogP contribution < -0.4 is 10.6 Å². The lowest BCUT2D eigenvalue weighted by atomic mass is 9.82. The lowest BCUT2D eigenvalue weighted by Gasteiger charge is -2.25. The van der Waals surface area contributed by atoms with Crippen molar-refractivity contribution < 1.29 is 14.6 Å². The maximum Gasteiger partial charge on any atom is 0.223 e. The fourth-order valence-corrected chi connectivity index (χ4v) is 2.06. The van der Waals surface area contributed by atoms with E-state index in [1.54, 1.807) is 0 Å². The molecule has 3 atom stereocenters. The van der Waals surface area contributed by atoms with Gasteiger partial charge in [0, 0.05) is 19.0 Å². The molecule has 1 saturated heterocycles. The van der Waals surface area contributed by atoms with E-state index in [2.05, 4.69) is 31.4 Å².